The molecule has 0 spiro atoms. The van der Waals surface area contributed by atoms with Gasteiger partial charge < -0.3 is 0 Å². The van der Waals surface area contributed by atoms with Crippen molar-refractivity contribution >= 4 is 75.8 Å². The highest BCUT2D eigenvalue weighted by Crippen LogP contribution is 2.40. The van der Waals surface area contributed by atoms with Gasteiger partial charge in [-0.05, 0) is 114 Å². The number of para-hydroxylation sites is 1. The number of nitrogens with zero attached hydrogens (tertiary/aromatic N) is 3. The molecule has 3 heteroatoms. The van der Waals surface area contributed by atoms with Gasteiger partial charge in [-0.3, -0.25) is 15.0 Å². The van der Waals surface area contributed by atoms with Gasteiger partial charge in [0.15, 0.2) is 0 Å². The summed E-state index contributed by atoms with van der Waals surface area (Å²) in [5.41, 5.74) is 9.98. The molecule has 0 aliphatic carbocycles. The minimum atomic E-state index is 0.933. The minimum Gasteiger partial charge on any atom is -0.256 e. The Hall–Kier alpha value is -6.97. The summed E-state index contributed by atoms with van der Waals surface area (Å²) < 4.78 is 0. The largest absolute Gasteiger partial charge is 0.256 e. The Kier molecular flexibility index (Phi) is 6.25. The van der Waals surface area contributed by atoms with Gasteiger partial charge in [-0.2, -0.15) is 0 Å². The lowest BCUT2D eigenvalue weighted by atomic mass is 9.90. The summed E-state index contributed by atoms with van der Waals surface area (Å²) in [6.07, 6.45) is 5.74. The molecule has 0 bridgehead atoms. The van der Waals surface area contributed by atoms with Gasteiger partial charge in [-0.15, -0.1) is 0 Å². The third kappa shape index (κ3) is 4.43. The Morgan fingerprint density at radius 3 is 1.92 bits per heavy atom. The second-order valence-electron chi connectivity index (χ2n) is 13.6. The average Bonchev–Trinajstić information content (AvgIpc) is 3.22. The zero-order chi connectivity index (χ0) is 34.2. The lowest BCUT2D eigenvalue weighted by Crippen LogP contribution is -1.89. The summed E-state index contributed by atoms with van der Waals surface area (Å²) >= 11 is 0. The van der Waals surface area contributed by atoms with Crippen LogP contribution in [0.4, 0.5) is 0 Å². The minimum absolute atomic E-state index is 0.933. The predicted octanol–water partition coefficient (Wildman–Crippen LogP) is 12.9. The molecule has 52 heavy (non-hydrogen) atoms. The van der Waals surface area contributed by atoms with E-state index in [-0.39, 0.29) is 0 Å². The first-order valence-electron chi connectivity index (χ1n) is 17.7. The van der Waals surface area contributed by atoms with Crippen LogP contribution in [0.2, 0.25) is 0 Å². The summed E-state index contributed by atoms with van der Waals surface area (Å²) in [5, 5.41) is 13.2. The quantitative estimate of drug-likeness (QED) is 0.177. The van der Waals surface area contributed by atoms with E-state index in [0.29, 0.717) is 0 Å². The van der Waals surface area contributed by atoms with Crippen LogP contribution in [-0.2, 0) is 0 Å². The van der Waals surface area contributed by atoms with E-state index in [4.69, 9.17) is 9.97 Å². The Morgan fingerprint density at radius 1 is 0.308 bits per heavy atom. The van der Waals surface area contributed by atoms with Crippen molar-refractivity contribution in [3.05, 3.63) is 176 Å². The van der Waals surface area contributed by atoms with Gasteiger partial charge in [0.1, 0.15) is 0 Å². The van der Waals surface area contributed by atoms with Crippen molar-refractivity contribution in [1.29, 1.82) is 0 Å². The van der Waals surface area contributed by atoms with Crippen LogP contribution in [0.15, 0.2) is 176 Å². The van der Waals surface area contributed by atoms with Crippen molar-refractivity contribution in [3.8, 4) is 33.4 Å². The first kappa shape index (κ1) is 28.8. The van der Waals surface area contributed by atoms with Crippen molar-refractivity contribution in [2.24, 2.45) is 0 Å². The van der Waals surface area contributed by atoms with Crippen molar-refractivity contribution in [3.63, 3.8) is 0 Å². The molecule has 0 aliphatic rings. The molecule has 3 heterocycles. The highest BCUT2D eigenvalue weighted by atomic mass is 14.7. The number of pyridine rings is 3. The molecule has 8 aromatic carbocycles. The maximum Gasteiger partial charge on any atom is 0.0970 e. The molecule has 0 saturated heterocycles. The monoisotopic (exact) mass is 659 g/mol. The number of rotatable bonds is 3. The van der Waals surface area contributed by atoms with Crippen molar-refractivity contribution in [1.82, 2.24) is 15.0 Å². The summed E-state index contributed by atoms with van der Waals surface area (Å²) in [6, 6.07) is 57.1. The van der Waals surface area contributed by atoms with Gasteiger partial charge in [0.05, 0.1) is 16.6 Å². The van der Waals surface area contributed by atoms with Gasteiger partial charge in [-0.1, -0.05) is 109 Å². The van der Waals surface area contributed by atoms with Gasteiger partial charge in [0.2, 0.25) is 0 Å². The molecule has 3 nitrogen and oxygen atoms in total. The van der Waals surface area contributed by atoms with Crippen molar-refractivity contribution in [2.75, 3.05) is 0 Å². The Labute approximate surface area is 299 Å². The SMILES string of the molecule is c1cc(-c2ccc3ccc4cc(-c5cc6cccnc6c6ncccc56)ccc4c3c2)cc(-c2cc3ccccc3c3c2cnc2ccccc23)c1. The van der Waals surface area contributed by atoms with Crippen LogP contribution in [-0.4, -0.2) is 15.0 Å². The lowest BCUT2D eigenvalue weighted by molar-refractivity contribution is 1.37. The summed E-state index contributed by atoms with van der Waals surface area (Å²) in [6.45, 7) is 0. The molecule has 0 N–H and O–H groups in total. The third-order valence-electron chi connectivity index (χ3n) is 10.7. The number of hydrogen-bond donors (Lipinski definition) is 0. The van der Waals surface area contributed by atoms with Crippen molar-refractivity contribution < 1.29 is 0 Å². The van der Waals surface area contributed by atoms with Gasteiger partial charge in [0.25, 0.3) is 0 Å². The topological polar surface area (TPSA) is 38.7 Å². The fraction of sp³-hybridized carbons (Fsp3) is 0. The van der Waals surface area contributed by atoms with E-state index in [0.717, 1.165) is 27.3 Å². The molecule has 0 aliphatic heterocycles. The first-order chi connectivity index (χ1) is 25.8. The maximum absolute atomic E-state index is 4.89. The molecule has 11 rings (SSSR count). The highest BCUT2D eigenvalue weighted by Gasteiger charge is 2.15. The molecule has 240 valence electrons. The number of aromatic nitrogens is 3. The van der Waals surface area contributed by atoms with Crippen LogP contribution in [0.5, 0.6) is 0 Å². The van der Waals surface area contributed by atoms with Gasteiger partial charge >= 0.3 is 0 Å². The molecular formula is C49H29N3. The Morgan fingerprint density at radius 2 is 0.962 bits per heavy atom. The van der Waals surface area contributed by atoms with E-state index in [1.54, 1.807) is 0 Å². The molecule has 0 unspecified atom stereocenters. The zero-order valence-corrected chi connectivity index (χ0v) is 28.1. The van der Waals surface area contributed by atoms with Crippen LogP contribution < -0.4 is 0 Å². The van der Waals surface area contributed by atoms with Gasteiger partial charge in [-0.25, -0.2) is 0 Å². The van der Waals surface area contributed by atoms with Crippen LogP contribution in [0.1, 0.15) is 0 Å². The van der Waals surface area contributed by atoms with E-state index in [1.807, 2.05) is 24.5 Å². The fourth-order valence-electron chi connectivity index (χ4n) is 8.25. The second-order valence-corrected chi connectivity index (χ2v) is 13.6. The lowest BCUT2D eigenvalue weighted by Gasteiger charge is -2.14. The van der Waals surface area contributed by atoms with Crippen LogP contribution >= 0.6 is 0 Å². The number of benzene rings is 8. The highest BCUT2D eigenvalue weighted by molar-refractivity contribution is 6.23. The standard InChI is InChI=1S/C49H29N3/c1-2-12-39-34(8-1)27-44(45-29-52-46-15-4-3-13-41(46)47(39)45)33-10-5-9-31(24-33)32-18-16-30-17-19-35-25-36(20-21-38(35)42(30)26-32)43-28-37-11-6-22-50-48(37)49-40(43)14-7-23-51-49/h1-29H. The second kappa shape index (κ2) is 11.3. The molecule has 0 saturated carbocycles. The molecular weight excluding hydrogens is 631 g/mol. The predicted molar refractivity (Wildman–Crippen MR) is 219 cm³/mol. The van der Waals surface area contributed by atoms with Gasteiger partial charge in [0, 0.05) is 45.5 Å². The maximum atomic E-state index is 4.89. The molecule has 0 atom stereocenters. The van der Waals surface area contributed by atoms with Crippen LogP contribution in [0.25, 0.3) is 109 Å². The van der Waals surface area contributed by atoms with E-state index in [2.05, 4.69) is 157 Å². The van der Waals surface area contributed by atoms with E-state index < -0.39 is 0 Å². The fourth-order valence-corrected chi connectivity index (χ4v) is 8.25. The van der Waals surface area contributed by atoms with Crippen molar-refractivity contribution in [2.45, 2.75) is 0 Å². The van der Waals surface area contributed by atoms with Crippen LogP contribution in [0.3, 0.4) is 0 Å². The summed E-state index contributed by atoms with van der Waals surface area (Å²) in [5.74, 6) is 0. The average molecular weight is 660 g/mol. The van der Waals surface area contributed by atoms with E-state index in [1.165, 1.54) is 81.9 Å². The van der Waals surface area contributed by atoms with Crippen LogP contribution in [0, 0.1) is 0 Å². The normalized spacial score (nSPS) is 11.8. The molecule has 0 amide bonds. The summed E-state index contributed by atoms with van der Waals surface area (Å²) in [7, 11) is 0. The smallest absolute Gasteiger partial charge is 0.0970 e. The number of fused-ring (bicyclic) bond motifs is 11. The van der Waals surface area contributed by atoms with E-state index in [9.17, 15) is 0 Å². The molecule has 0 radical (unpaired) electrons. The Bertz CT molecular complexity index is 3240. The third-order valence-corrected chi connectivity index (χ3v) is 10.7. The van der Waals surface area contributed by atoms with E-state index >= 15 is 0 Å². The molecule has 3 aromatic heterocycles. The first-order valence-corrected chi connectivity index (χ1v) is 17.7. The molecule has 0 fully saturated rings. The summed E-state index contributed by atoms with van der Waals surface area (Å²) in [4.78, 5) is 14.3. The molecule has 11 aromatic rings. The number of hydrogen-bond acceptors (Lipinski definition) is 3. The Balaban J connectivity index is 1.05. The zero-order valence-electron chi connectivity index (χ0n) is 28.1.